The molecule has 9 heteroatoms. The normalized spacial score (nSPS) is 14.7. The lowest BCUT2D eigenvalue weighted by atomic mass is 10.0. The average molecular weight is 426 g/mol. The van der Waals surface area contributed by atoms with E-state index >= 15 is 0 Å². The number of carbonyl (C=O) groups is 3. The minimum absolute atomic E-state index is 0.120. The van der Waals surface area contributed by atoms with Gasteiger partial charge in [-0.25, -0.2) is 0 Å². The molecule has 2 aromatic carbocycles. The summed E-state index contributed by atoms with van der Waals surface area (Å²) in [4.78, 5) is 38.7. The van der Waals surface area contributed by atoms with Crippen LogP contribution in [0.25, 0.3) is 16.8 Å². The maximum absolute atomic E-state index is 12.6. The van der Waals surface area contributed by atoms with E-state index in [1.54, 1.807) is 17.0 Å². The molecule has 164 valence electrons. The number of carboxylic acids is 2. The molecular weight excluding hydrogens is 400 g/mol. The predicted octanol–water partition coefficient (Wildman–Crippen LogP) is 1.62. The number of carbonyl (C=O) groups excluding carboxylic acids is 1. The summed E-state index contributed by atoms with van der Waals surface area (Å²) in [5, 5.41) is 25.5. The van der Waals surface area contributed by atoms with E-state index in [1.807, 2.05) is 31.3 Å². The fourth-order valence-corrected chi connectivity index (χ4v) is 3.50. The Morgan fingerprint density at radius 1 is 0.968 bits per heavy atom. The molecular formula is C22H26N4O5. The average Bonchev–Trinajstić information content (AvgIpc) is 2.75. The summed E-state index contributed by atoms with van der Waals surface area (Å²) in [5.41, 5.74) is 1.75. The molecule has 0 aliphatic carbocycles. The van der Waals surface area contributed by atoms with Crippen molar-refractivity contribution >= 4 is 46.1 Å². The van der Waals surface area contributed by atoms with Crippen LogP contribution < -0.4 is 10.6 Å². The first kappa shape index (κ1) is 22.1. The standard InChI is InChI=1S/C22H26N4O5/c1-25-8-10-26(11-9-25)19(27)7-6-15-12-18(23-13-20(28)29)16-4-2-3-5-17(16)22(15)24-14-21(30)31/h2-7,12,23-24H,8-11,13-14H2,1H3,(H,28,29)(H,30,31)/b7-6+. The smallest absolute Gasteiger partial charge is 0.322 e. The number of piperazine rings is 1. The SMILES string of the molecule is CN1CCN(C(=O)/C=C/c2cc(NCC(=O)O)c3ccccc3c2NCC(=O)O)CC1. The van der Waals surface area contributed by atoms with E-state index in [0.717, 1.165) is 23.9 Å². The molecule has 2 aromatic rings. The van der Waals surface area contributed by atoms with Crippen LogP contribution in [0.1, 0.15) is 5.56 Å². The topological polar surface area (TPSA) is 122 Å². The molecule has 4 N–H and O–H groups in total. The van der Waals surface area contributed by atoms with Crippen LogP contribution in [0.2, 0.25) is 0 Å². The Morgan fingerprint density at radius 2 is 1.58 bits per heavy atom. The zero-order chi connectivity index (χ0) is 22.4. The van der Waals surface area contributed by atoms with Crippen molar-refractivity contribution < 1.29 is 24.6 Å². The number of anilines is 2. The van der Waals surface area contributed by atoms with E-state index in [2.05, 4.69) is 15.5 Å². The van der Waals surface area contributed by atoms with Gasteiger partial charge in [-0.1, -0.05) is 24.3 Å². The van der Waals surface area contributed by atoms with Crippen molar-refractivity contribution in [3.8, 4) is 0 Å². The third kappa shape index (κ3) is 5.73. The largest absolute Gasteiger partial charge is 0.480 e. The van der Waals surface area contributed by atoms with Gasteiger partial charge in [0.25, 0.3) is 0 Å². The van der Waals surface area contributed by atoms with Gasteiger partial charge in [0, 0.05) is 60.0 Å². The van der Waals surface area contributed by atoms with E-state index < -0.39 is 11.9 Å². The Kier molecular flexibility index (Phi) is 7.09. The Hall–Kier alpha value is -3.59. The number of nitrogens with zero attached hydrogens (tertiary/aromatic N) is 2. The van der Waals surface area contributed by atoms with Crippen LogP contribution in [0, 0.1) is 0 Å². The number of carboxylic acid groups (broad SMARTS) is 2. The molecule has 0 saturated carbocycles. The summed E-state index contributed by atoms with van der Waals surface area (Å²) in [6.07, 6.45) is 3.12. The van der Waals surface area contributed by atoms with Crippen molar-refractivity contribution in [1.29, 1.82) is 0 Å². The van der Waals surface area contributed by atoms with Gasteiger partial charge in [-0.3, -0.25) is 14.4 Å². The lowest BCUT2D eigenvalue weighted by Gasteiger charge is -2.31. The van der Waals surface area contributed by atoms with Crippen LogP contribution in [0.15, 0.2) is 36.4 Å². The molecule has 1 heterocycles. The summed E-state index contributed by atoms with van der Waals surface area (Å²) >= 11 is 0. The van der Waals surface area contributed by atoms with E-state index in [-0.39, 0.29) is 19.0 Å². The summed E-state index contributed by atoms with van der Waals surface area (Å²) in [6, 6.07) is 9.02. The minimum Gasteiger partial charge on any atom is -0.480 e. The van der Waals surface area contributed by atoms with Gasteiger partial charge < -0.3 is 30.6 Å². The van der Waals surface area contributed by atoms with Gasteiger partial charge >= 0.3 is 11.9 Å². The van der Waals surface area contributed by atoms with Crippen molar-refractivity contribution in [2.24, 2.45) is 0 Å². The number of fused-ring (bicyclic) bond motifs is 1. The molecule has 0 atom stereocenters. The maximum atomic E-state index is 12.6. The van der Waals surface area contributed by atoms with Gasteiger partial charge in [0.05, 0.1) is 0 Å². The molecule has 0 spiro atoms. The number of aliphatic carboxylic acids is 2. The summed E-state index contributed by atoms with van der Waals surface area (Å²) in [5.74, 6) is -2.13. The van der Waals surface area contributed by atoms with Gasteiger partial charge in [-0.15, -0.1) is 0 Å². The molecule has 1 amide bonds. The molecule has 3 rings (SSSR count). The summed E-state index contributed by atoms with van der Waals surface area (Å²) in [7, 11) is 2.01. The third-order valence-electron chi connectivity index (χ3n) is 5.14. The van der Waals surface area contributed by atoms with Crippen molar-refractivity contribution in [2.75, 3.05) is 56.9 Å². The highest BCUT2D eigenvalue weighted by molar-refractivity contribution is 6.07. The summed E-state index contributed by atoms with van der Waals surface area (Å²) < 4.78 is 0. The first-order valence-electron chi connectivity index (χ1n) is 9.97. The van der Waals surface area contributed by atoms with Gasteiger partial charge in [-0.05, 0) is 19.2 Å². The van der Waals surface area contributed by atoms with Crippen molar-refractivity contribution in [3.05, 3.63) is 42.0 Å². The molecule has 1 aliphatic rings. The Balaban J connectivity index is 1.98. The van der Waals surface area contributed by atoms with Crippen LogP contribution in [0.5, 0.6) is 0 Å². The Bertz CT molecular complexity index is 1010. The molecule has 1 saturated heterocycles. The highest BCUT2D eigenvalue weighted by Crippen LogP contribution is 2.34. The minimum atomic E-state index is -1.01. The fraction of sp³-hybridized carbons (Fsp3) is 0.318. The number of nitrogens with one attached hydrogen (secondary N) is 2. The second-order valence-electron chi connectivity index (χ2n) is 7.39. The lowest BCUT2D eigenvalue weighted by Crippen LogP contribution is -2.46. The Morgan fingerprint density at radius 3 is 2.23 bits per heavy atom. The predicted molar refractivity (Wildman–Crippen MR) is 119 cm³/mol. The first-order chi connectivity index (χ1) is 14.8. The van der Waals surface area contributed by atoms with E-state index in [4.69, 9.17) is 10.2 Å². The number of hydrogen-bond acceptors (Lipinski definition) is 6. The molecule has 9 nitrogen and oxygen atoms in total. The van der Waals surface area contributed by atoms with E-state index in [0.29, 0.717) is 30.0 Å². The number of benzene rings is 2. The van der Waals surface area contributed by atoms with Gasteiger partial charge in [0.2, 0.25) is 5.91 Å². The van der Waals surface area contributed by atoms with Crippen LogP contribution in [0.4, 0.5) is 11.4 Å². The number of amides is 1. The highest BCUT2D eigenvalue weighted by Gasteiger charge is 2.17. The Labute approximate surface area is 179 Å². The first-order valence-corrected chi connectivity index (χ1v) is 9.97. The monoisotopic (exact) mass is 426 g/mol. The second-order valence-corrected chi connectivity index (χ2v) is 7.39. The quantitative estimate of drug-likeness (QED) is 0.470. The van der Waals surface area contributed by atoms with Gasteiger partial charge in [-0.2, -0.15) is 0 Å². The molecule has 1 aliphatic heterocycles. The zero-order valence-electron chi connectivity index (χ0n) is 17.3. The van der Waals surface area contributed by atoms with Crippen molar-refractivity contribution in [2.45, 2.75) is 0 Å². The second kappa shape index (κ2) is 9.94. The number of likely N-dealkylation sites (N-methyl/N-ethyl adjacent to an activating group) is 1. The molecule has 0 aromatic heterocycles. The van der Waals surface area contributed by atoms with Crippen molar-refractivity contribution in [1.82, 2.24) is 9.80 Å². The van der Waals surface area contributed by atoms with Gasteiger partial charge in [0.1, 0.15) is 13.1 Å². The van der Waals surface area contributed by atoms with Gasteiger partial charge in [0.15, 0.2) is 0 Å². The van der Waals surface area contributed by atoms with E-state index in [9.17, 15) is 14.4 Å². The number of rotatable bonds is 8. The van der Waals surface area contributed by atoms with Crippen LogP contribution in [0.3, 0.4) is 0 Å². The zero-order valence-corrected chi connectivity index (χ0v) is 17.3. The molecule has 1 fully saturated rings. The molecule has 0 bridgehead atoms. The highest BCUT2D eigenvalue weighted by atomic mass is 16.4. The third-order valence-corrected chi connectivity index (χ3v) is 5.14. The molecule has 0 radical (unpaired) electrons. The van der Waals surface area contributed by atoms with Crippen LogP contribution >= 0.6 is 0 Å². The lowest BCUT2D eigenvalue weighted by molar-refractivity contribution is -0.135. The van der Waals surface area contributed by atoms with Crippen LogP contribution in [-0.2, 0) is 14.4 Å². The van der Waals surface area contributed by atoms with Crippen LogP contribution in [-0.4, -0.2) is 84.2 Å². The summed E-state index contributed by atoms with van der Waals surface area (Å²) in [6.45, 7) is 2.35. The number of hydrogen-bond donors (Lipinski definition) is 4. The fourth-order valence-electron chi connectivity index (χ4n) is 3.50. The van der Waals surface area contributed by atoms with E-state index in [1.165, 1.54) is 6.08 Å². The molecule has 0 unspecified atom stereocenters. The molecule has 31 heavy (non-hydrogen) atoms. The maximum Gasteiger partial charge on any atom is 0.322 e. The van der Waals surface area contributed by atoms with Crippen molar-refractivity contribution in [3.63, 3.8) is 0 Å².